The number of nitrogens with one attached hydrogen (secondary N) is 2. The summed E-state index contributed by atoms with van der Waals surface area (Å²) in [6, 6.07) is 5.21. The van der Waals surface area contributed by atoms with Gasteiger partial charge in [-0.3, -0.25) is 4.79 Å². The monoisotopic (exact) mass is 553 g/mol. The molecule has 0 radical (unpaired) electrons. The molecule has 1 aliphatic heterocycles. The lowest BCUT2D eigenvalue weighted by Crippen LogP contribution is -2.50. The number of halogens is 1. The van der Waals surface area contributed by atoms with E-state index in [2.05, 4.69) is 53.2 Å². The molecule has 210 valence electrons. The molecule has 9 nitrogen and oxygen atoms in total. The van der Waals surface area contributed by atoms with E-state index >= 15 is 0 Å². The number of amides is 1. The predicted molar refractivity (Wildman–Crippen MR) is 161 cm³/mol. The van der Waals surface area contributed by atoms with Crippen LogP contribution >= 0.6 is 11.6 Å². The largest absolute Gasteiger partial charge is 0.506 e. The Kier molecular flexibility index (Phi) is 10.6. The second kappa shape index (κ2) is 13.9. The minimum Gasteiger partial charge on any atom is -0.506 e. The third-order valence-electron chi connectivity index (χ3n) is 7.02. The number of benzene rings is 1. The lowest BCUT2D eigenvalue weighted by molar-refractivity contribution is -0.129. The van der Waals surface area contributed by atoms with E-state index in [-0.39, 0.29) is 18.2 Å². The van der Waals surface area contributed by atoms with Gasteiger partial charge in [-0.25, -0.2) is 9.97 Å². The van der Waals surface area contributed by atoms with Crippen molar-refractivity contribution >= 4 is 40.4 Å². The van der Waals surface area contributed by atoms with Gasteiger partial charge >= 0.3 is 0 Å². The van der Waals surface area contributed by atoms with Gasteiger partial charge in [0.05, 0.1) is 17.1 Å². The standard InChI is InChI=1S/C29H40ClN7O2/c1-6-11-32-27(20(5)8-3)25(19(4)7-2)26-28(31)34-18-35-29(26)33-17-24(39)37-14-12-36(13-15-37)21-9-10-22(30)23(38)16-21/h6,9-11,16,18,32,38H,7-8,12-15,17H2,1-5H3,(H3,31,33,34,35)/b11-6-,25-19-,27-20?. The zero-order chi connectivity index (χ0) is 28.5. The molecule has 1 aromatic heterocycles. The van der Waals surface area contributed by atoms with Gasteiger partial charge in [0.2, 0.25) is 5.91 Å². The Balaban J connectivity index is 1.79. The molecule has 1 aliphatic rings. The fourth-order valence-corrected chi connectivity index (χ4v) is 4.56. The van der Waals surface area contributed by atoms with E-state index in [1.54, 1.807) is 12.1 Å². The average molecular weight is 554 g/mol. The number of anilines is 3. The number of nitrogen functional groups attached to an aromatic ring is 1. The van der Waals surface area contributed by atoms with E-state index in [4.69, 9.17) is 17.3 Å². The molecule has 3 rings (SSSR count). The number of phenolic OH excluding ortho intramolecular Hbond substituents is 1. The maximum atomic E-state index is 13.2. The maximum absolute atomic E-state index is 13.2. The van der Waals surface area contributed by atoms with Crippen molar-refractivity contribution in [2.24, 2.45) is 0 Å². The number of hydrogen-bond donors (Lipinski definition) is 4. The highest BCUT2D eigenvalue weighted by Gasteiger charge is 2.24. The lowest BCUT2D eigenvalue weighted by atomic mass is 9.93. The number of nitrogens with zero attached hydrogens (tertiary/aromatic N) is 4. The first-order chi connectivity index (χ1) is 18.7. The molecule has 0 atom stereocenters. The third kappa shape index (κ3) is 7.23. The van der Waals surface area contributed by atoms with Crippen LogP contribution in [0.25, 0.3) is 5.57 Å². The molecule has 2 aromatic rings. The maximum Gasteiger partial charge on any atom is 0.242 e. The summed E-state index contributed by atoms with van der Waals surface area (Å²) in [5, 5.41) is 16.9. The Morgan fingerprint density at radius 2 is 1.82 bits per heavy atom. The van der Waals surface area contributed by atoms with Gasteiger partial charge < -0.3 is 31.3 Å². The van der Waals surface area contributed by atoms with Crippen molar-refractivity contribution in [3.05, 3.63) is 64.2 Å². The summed E-state index contributed by atoms with van der Waals surface area (Å²) in [4.78, 5) is 25.9. The predicted octanol–water partition coefficient (Wildman–Crippen LogP) is 5.17. The zero-order valence-electron chi connectivity index (χ0n) is 23.5. The number of rotatable bonds is 10. The molecule has 5 N–H and O–H groups in total. The van der Waals surface area contributed by atoms with Crippen molar-refractivity contribution in [1.82, 2.24) is 20.2 Å². The van der Waals surface area contributed by atoms with Crippen molar-refractivity contribution in [3.8, 4) is 5.75 Å². The Labute approximate surface area is 236 Å². The van der Waals surface area contributed by atoms with Gasteiger partial charge in [-0.05, 0) is 57.5 Å². The number of carbonyl (C=O) groups excluding carboxylic acids is 1. The van der Waals surface area contributed by atoms with E-state index in [0.717, 1.165) is 35.4 Å². The summed E-state index contributed by atoms with van der Waals surface area (Å²) in [6.07, 6.45) is 6.94. The van der Waals surface area contributed by atoms with Crippen LogP contribution in [0.4, 0.5) is 17.3 Å². The number of hydrogen-bond acceptors (Lipinski definition) is 8. The van der Waals surface area contributed by atoms with Crippen LogP contribution in [0.2, 0.25) is 5.02 Å². The van der Waals surface area contributed by atoms with Gasteiger partial charge in [0.25, 0.3) is 0 Å². The van der Waals surface area contributed by atoms with Gasteiger partial charge in [0.15, 0.2) is 0 Å². The number of aromatic hydroxyl groups is 1. The highest BCUT2D eigenvalue weighted by Crippen LogP contribution is 2.36. The minimum absolute atomic E-state index is 0.0259. The summed E-state index contributed by atoms with van der Waals surface area (Å²) >= 11 is 5.94. The summed E-state index contributed by atoms with van der Waals surface area (Å²) < 4.78 is 0. The molecule has 1 aromatic carbocycles. The van der Waals surface area contributed by atoms with Crippen molar-refractivity contribution in [3.63, 3.8) is 0 Å². The van der Waals surface area contributed by atoms with Crippen molar-refractivity contribution < 1.29 is 9.90 Å². The van der Waals surface area contributed by atoms with Gasteiger partial charge in [-0.2, -0.15) is 0 Å². The molecule has 1 amide bonds. The SMILES string of the molecule is C/C=C\NC(=C(C)CC)/C(=C(/C)CC)c1c(N)ncnc1NCC(=O)N1CCN(c2ccc(Cl)c(O)c2)CC1. The Morgan fingerprint density at radius 3 is 2.44 bits per heavy atom. The van der Waals surface area contributed by atoms with Gasteiger partial charge in [-0.1, -0.05) is 37.1 Å². The minimum atomic E-state index is -0.0259. The van der Waals surface area contributed by atoms with E-state index in [9.17, 15) is 9.90 Å². The molecular weight excluding hydrogens is 514 g/mol. The van der Waals surface area contributed by atoms with Gasteiger partial charge in [-0.15, -0.1) is 0 Å². The second-order valence-corrected chi connectivity index (χ2v) is 9.91. The van der Waals surface area contributed by atoms with Crippen LogP contribution in [0, 0.1) is 0 Å². The normalized spacial score (nSPS) is 15.2. The van der Waals surface area contributed by atoms with Gasteiger partial charge in [0.1, 0.15) is 23.7 Å². The number of carbonyl (C=O) groups is 1. The summed E-state index contributed by atoms with van der Waals surface area (Å²) in [6.45, 7) is 12.9. The van der Waals surface area contributed by atoms with Crippen LogP contribution < -0.4 is 21.3 Å². The quantitative estimate of drug-likeness (QED) is 0.297. The molecule has 39 heavy (non-hydrogen) atoms. The fourth-order valence-electron chi connectivity index (χ4n) is 4.44. The molecular formula is C29H40ClN7O2. The van der Waals surface area contributed by atoms with Crippen LogP contribution in [-0.4, -0.2) is 58.6 Å². The molecule has 0 bridgehead atoms. The van der Waals surface area contributed by atoms with E-state index in [0.29, 0.717) is 48.4 Å². The smallest absolute Gasteiger partial charge is 0.242 e. The number of phenols is 1. The van der Waals surface area contributed by atoms with E-state index < -0.39 is 0 Å². The van der Waals surface area contributed by atoms with Crippen molar-refractivity contribution in [2.75, 3.05) is 48.7 Å². The topological polar surface area (TPSA) is 120 Å². The molecule has 10 heteroatoms. The molecule has 1 fully saturated rings. The second-order valence-electron chi connectivity index (χ2n) is 9.50. The number of nitrogens with two attached hydrogens (primary N) is 1. The zero-order valence-corrected chi connectivity index (χ0v) is 24.3. The van der Waals surface area contributed by atoms with Crippen LogP contribution in [0.3, 0.4) is 0 Å². The Hall–Kier alpha value is -3.72. The van der Waals surface area contributed by atoms with Crippen LogP contribution in [0.1, 0.15) is 53.0 Å². The van der Waals surface area contributed by atoms with Crippen LogP contribution in [0.5, 0.6) is 5.75 Å². The van der Waals surface area contributed by atoms with Crippen LogP contribution in [0.15, 0.2) is 53.6 Å². The molecule has 2 heterocycles. The third-order valence-corrected chi connectivity index (χ3v) is 7.34. The number of piperazine rings is 1. The number of aromatic nitrogens is 2. The first-order valence-electron chi connectivity index (χ1n) is 13.3. The van der Waals surface area contributed by atoms with E-state index in [1.165, 1.54) is 11.9 Å². The first-order valence-corrected chi connectivity index (χ1v) is 13.7. The summed E-state index contributed by atoms with van der Waals surface area (Å²) in [7, 11) is 0. The van der Waals surface area contributed by atoms with Crippen molar-refractivity contribution in [2.45, 2.75) is 47.5 Å². The first kappa shape index (κ1) is 29.8. The molecule has 0 aliphatic carbocycles. The highest BCUT2D eigenvalue weighted by atomic mass is 35.5. The molecule has 0 spiro atoms. The molecule has 1 saturated heterocycles. The van der Waals surface area contributed by atoms with Crippen molar-refractivity contribution in [1.29, 1.82) is 0 Å². The summed E-state index contributed by atoms with van der Waals surface area (Å²) in [5.41, 5.74) is 12.2. The Morgan fingerprint density at radius 1 is 1.13 bits per heavy atom. The summed E-state index contributed by atoms with van der Waals surface area (Å²) in [5.74, 6) is 0.905. The number of allylic oxidation sites excluding steroid dienone is 4. The van der Waals surface area contributed by atoms with Crippen LogP contribution in [-0.2, 0) is 4.79 Å². The molecule has 0 unspecified atom stereocenters. The fraction of sp³-hybridized carbons (Fsp3) is 0.414. The molecule has 0 saturated carbocycles. The lowest BCUT2D eigenvalue weighted by Gasteiger charge is -2.36. The average Bonchev–Trinajstić information content (AvgIpc) is 2.95. The van der Waals surface area contributed by atoms with Gasteiger partial charge in [0, 0.05) is 49.2 Å². The Bertz CT molecular complexity index is 1260. The van der Waals surface area contributed by atoms with E-state index in [1.807, 2.05) is 30.2 Å². The highest BCUT2D eigenvalue weighted by molar-refractivity contribution is 6.32.